The fraction of sp³-hybridized carbons (Fsp3) is 0.167. The quantitative estimate of drug-likeness (QED) is 0.260. The van der Waals surface area contributed by atoms with Gasteiger partial charge in [-0.3, -0.25) is 4.98 Å². The molecular weight excluding hydrogens is 440 g/mol. The topological polar surface area (TPSA) is 108 Å². The molecule has 0 atom stereocenters. The van der Waals surface area contributed by atoms with Crippen LogP contribution in [0.15, 0.2) is 66.0 Å². The van der Waals surface area contributed by atoms with Gasteiger partial charge in [0.05, 0.1) is 29.0 Å². The number of hydrogen-bond acceptors (Lipinski definition) is 7. The van der Waals surface area contributed by atoms with Crippen molar-refractivity contribution in [1.29, 1.82) is 0 Å². The van der Waals surface area contributed by atoms with Gasteiger partial charge in [-0.25, -0.2) is 9.97 Å². The zero-order valence-electron chi connectivity index (χ0n) is 18.2. The summed E-state index contributed by atoms with van der Waals surface area (Å²) in [4.78, 5) is 17.2. The fourth-order valence-electron chi connectivity index (χ4n) is 3.02. The fourth-order valence-corrected chi connectivity index (χ4v) is 3.24. The van der Waals surface area contributed by atoms with Crippen molar-refractivity contribution in [3.8, 4) is 11.5 Å². The molecule has 2 heterocycles. The molecule has 0 aliphatic carbocycles. The van der Waals surface area contributed by atoms with E-state index in [-0.39, 0.29) is 6.02 Å². The predicted octanol–water partition coefficient (Wildman–Crippen LogP) is 5.90. The van der Waals surface area contributed by atoms with Crippen LogP contribution in [0.1, 0.15) is 19.0 Å². The minimum absolute atomic E-state index is 0.119. The van der Waals surface area contributed by atoms with Crippen LogP contribution >= 0.6 is 11.6 Å². The lowest BCUT2D eigenvalue weighted by atomic mass is 10.2. The molecule has 2 aromatic heterocycles. The van der Waals surface area contributed by atoms with Crippen LogP contribution in [0.4, 0.5) is 17.2 Å². The Balaban J connectivity index is 1.57. The number of aryl methyl sites for hydroxylation is 1. The van der Waals surface area contributed by atoms with E-state index in [1.807, 2.05) is 50.2 Å². The summed E-state index contributed by atoms with van der Waals surface area (Å²) in [6.07, 6.45) is 4.00. The van der Waals surface area contributed by atoms with Gasteiger partial charge in [0.25, 0.3) is 6.02 Å². The van der Waals surface area contributed by atoms with E-state index in [0.29, 0.717) is 34.6 Å². The lowest BCUT2D eigenvalue weighted by Crippen LogP contribution is -2.16. The summed E-state index contributed by atoms with van der Waals surface area (Å²) in [5.74, 6) is 1.75. The van der Waals surface area contributed by atoms with E-state index in [4.69, 9.17) is 26.8 Å². The number of pyridine rings is 1. The number of anilines is 2. The number of halogens is 1. The van der Waals surface area contributed by atoms with Crippen molar-refractivity contribution in [1.82, 2.24) is 15.0 Å². The minimum atomic E-state index is 0.119. The van der Waals surface area contributed by atoms with Gasteiger partial charge in [-0.1, -0.05) is 18.5 Å². The molecule has 0 aliphatic heterocycles. The molecule has 0 spiro atoms. The maximum Gasteiger partial charge on any atom is 0.287 e. The van der Waals surface area contributed by atoms with Gasteiger partial charge in [-0.15, -0.1) is 0 Å². The number of ether oxygens (including phenoxy) is 2. The number of nitrogens with one attached hydrogen (secondary N) is 1. The molecule has 0 saturated heterocycles. The second-order valence-electron chi connectivity index (χ2n) is 7.23. The van der Waals surface area contributed by atoms with Crippen molar-refractivity contribution in [3.05, 3.63) is 71.8 Å². The number of nitrogens with zero attached hydrogens (tertiary/aromatic N) is 4. The standard InChI is InChI=1S/C24H23ClN6O2/c1-3-10-32-24(26)31-16-5-8-21-19(11-16)23(29-14-28-21)30-17-6-9-22(20(25)12-17)33-18-7-4-15(2)27-13-18/h4-9,11-14H,3,10H2,1-2H3,(H2,26,31)(H,28,29,30). The molecule has 0 unspecified atom stereocenters. The number of amidine groups is 1. The maximum atomic E-state index is 6.46. The average Bonchev–Trinajstić information content (AvgIpc) is 2.81. The van der Waals surface area contributed by atoms with E-state index in [0.717, 1.165) is 28.7 Å². The van der Waals surface area contributed by atoms with E-state index in [1.54, 1.807) is 18.3 Å². The molecule has 4 aromatic rings. The molecule has 168 valence electrons. The third-order valence-corrected chi connectivity index (χ3v) is 4.91. The zero-order valence-corrected chi connectivity index (χ0v) is 19.0. The third-order valence-electron chi connectivity index (χ3n) is 4.62. The molecule has 4 rings (SSSR count). The van der Waals surface area contributed by atoms with Crippen molar-refractivity contribution < 1.29 is 9.47 Å². The monoisotopic (exact) mass is 462 g/mol. The average molecular weight is 463 g/mol. The highest BCUT2D eigenvalue weighted by Crippen LogP contribution is 2.33. The molecule has 0 saturated carbocycles. The summed E-state index contributed by atoms with van der Waals surface area (Å²) < 4.78 is 11.2. The predicted molar refractivity (Wildman–Crippen MR) is 131 cm³/mol. The van der Waals surface area contributed by atoms with Gasteiger partial charge in [0.15, 0.2) is 0 Å². The Labute approximate surface area is 196 Å². The second-order valence-corrected chi connectivity index (χ2v) is 7.64. The molecule has 0 amide bonds. The summed E-state index contributed by atoms with van der Waals surface area (Å²) in [6, 6.07) is 14.8. The number of rotatable bonds is 7. The van der Waals surface area contributed by atoms with Gasteiger partial charge in [-0.05, 0) is 61.9 Å². The van der Waals surface area contributed by atoms with E-state index in [1.165, 1.54) is 6.33 Å². The summed E-state index contributed by atoms with van der Waals surface area (Å²) in [5.41, 5.74) is 8.90. The van der Waals surface area contributed by atoms with Crippen molar-refractivity contribution >= 4 is 45.7 Å². The number of hydrogen-bond donors (Lipinski definition) is 2. The summed E-state index contributed by atoms with van der Waals surface area (Å²) >= 11 is 6.46. The Morgan fingerprint density at radius 3 is 2.73 bits per heavy atom. The molecule has 3 N–H and O–H groups in total. The van der Waals surface area contributed by atoms with Crippen LogP contribution in [-0.4, -0.2) is 27.6 Å². The Hall–Kier alpha value is -3.91. The SMILES string of the molecule is CCCOC(N)=Nc1ccc2ncnc(Nc3ccc(Oc4ccc(C)nc4)c(Cl)c3)c2c1. The normalized spacial score (nSPS) is 11.4. The van der Waals surface area contributed by atoms with Gasteiger partial charge < -0.3 is 20.5 Å². The maximum absolute atomic E-state index is 6.46. The van der Waals surface area contributed by atoms with Gasteiger partial charge in [0.1, 0.15) is 23.6 Å². The number of aliphatic imine (C=N–C) groups is 1. The van der Waals surface area contributed by atoms with E-state index < -0.39 is 0 Å². The van der Waals surface area contributed by atoms with Gasteiger partial charge in [0.2, 0.25) is 0 Å². The lowest BCUT2D eigenvalue weighted by Gasteiger charge is -2.12. The van der Waals surface area contributed by atoms with Crippen LogP contribution < -0.4 is 15.8 Å². The zero-order chi connectivity index (χ0) is 23.2. The molecule has 33 heavy (non-hydrogen) atoms. The minimum Gasteiger partial charge on any atom is -0.465 e. The molecule has 0 fully saturated rings. The lowest BCUT2D eigenvalue weighted by molar-refractivity contribution is 0.300. The summed E-state index contributed by atoms with van der Waals surface area (Å²) in [7, 11) is 0. The van der Waals surface area contributed by atoms with Crippen molar-refractivity contribution in [2.75, 3.05) is 11.9 Å². The molecule has 2 aromatic carbocycles. The van der Waals surface area contributed by atoms with Crippen molar-refractivity contribution in [2.45, 2.75) is 20.3 Å². The van der Waals surface area contributed by atoms with Gasteiger partial charge >= 0.3 is 0 Å². The first-order chi connectivity index (χ1) is 16.0. The van der Waals surface area contributed by atoms with Crippen LogP contribution in [0.5, 0.6) is 11.5 Å². The van der Waals surface area contributed by atoms with Crippen LogP contribution in [0, 0.1) is 6.92 Å². The number of nitrogens with two attached hydrogens (primary N) is 1. The molecule has 0 radical (unpaired) electrons. The highest BCUT2D eigenvalue weighted by molar-refractivity contribution is 6.32. The Bertz CT molecular complexity index is 1290. The van der Waals surface area contributed by atoms with Gasteiger partial charge in [0, 0.05) is 16.8 Å². The Morgan fingerprint density at radius 2 is 1.97 bits per heavy atom. The largest absolute Gasteiger partial charge is 0.465 e. The molecule has 9 heteroatoms. The van der Waals surface area contributed by atoms with Crippen LogP contribution in [0.3, 0.4) is 0 Å². The van der Waals surface area contributed by atoms with Crippen LogP contribution in [0.2, 0.25) is 5.02 Å². The number of aromatic nitrogens is 3. The van der Waals surface area contributed by atoms with Gasteiger partial charge in [-0.2, -0.15) is 4.99 Å². The Kier molecular flexibility index (Phi) is 6.85. The second kappa shape index (κ2) is 10.1. The Morgan fingerprint density at radius 1 is 1.09 bits per heavy atom. The smallest absolute Gasteiger partial charge is 0.287 e. The first-order valence-corrected chi connectivity index (χ1v) is 10.8. The van der Waals surface area contributed by atoms with Crippen LogP contribution in [0.25, 0.3) is 10.9 Å². The summed E-state index contributed by atoms with van der Waals surface area (Å²) in [6.45, 7) is 4.43. The summed E-state index contributed by atoms with van der Waals surface area (Å²) in [5, 5.41) is 4.52. The van der Waals surface area contributed by atoms with Crippen LogP contribution in [-0.2, 0) is 4.74 Å². The molecule has 0 bridgehead atoms. The first-order valence-electron chi connectivity index (χ1n) is 10.4. The van der Waals surface area contributed by atoms with E-state index >= 15 is 0 Å². The number of benzene rings is 2. The number of fused-ring (bicyclic) bond motifs is 1. The van der Waals surface area contributed by atoms with E-state index in [2.05, 4.69) is 25.3 Å². The van der Waals surface area contributed by atoms with Crippen molar-refractivity contribution in [3.63, 3.8) is 0 Å². The molecule has 8 nitrogen and oxygen atoms in total. The van der Waals surface area contributed by atoms with Crippen molar-refractivity contribution in [2.24, 2.45) is 10.7 Å². The third kappa shape index (κ3) is 5.67. The van der Waals surface area contributed by atoms with E-state index in [9.17, 15) is 0 Å². The highest BCUT2D eigenvalue weighted by Gasteiger charge is 2.09. The molecule has 0 aliphatic rings. The first kappa shape index (κ1) is 22.3. The molecular formula is C24H23ClN6O2. The highest BCUT2D eigenvalue weighted by atomic mass is 35.5.